The molecule has 0 bridgehead atoms. The van der Waals surface area contributed by atoms with Crippen LogP contribution in [0.5, 0.6) is 11.5 Å². The number of aryl methyl sites for hydroxylation is 2. The second-order valence-electron chi connectivity index (χ2n) is 5.80. The number of carbonyl (C=O) groups excluding carboxylic acids is 1. The number of anilines is 1. The van der Waals surface area contributed by atoms with Crippen molar-refractivity contribution in [3.8, 4) is 11.5 Å². The van der Waals surface area contributed by atoms with Crippen LogP contribution in [0, 0.1) is 6.92 Å². The van der Waals surface area contributed by atoms with E-state index in [0.717, 1.165) is 10.9 Å². The molecule has 1 amide bonds. The van der Waals surface area contributed by atoms with E-state index in [1.165, 1.54) is 5.56 Å². The van der Waals surface area contributed by atoms with Crippen molar-refractivity contribution in [2.45, 2.75) is 19.9 Å². The molecule has 0 saturated heterocycles. The van der Waals surface area contributed by atoms with E-state index in [2.05, 4.69) is 16.5 Å². The number of rotatable bonds is 6. The highest BCUT2D eigenvalue weighted by molar-refractivity contribution is 5.91. The van der Waals surface area contributed by atoms with Crippen LogP contribution >= 0.6 is 0 Å². The molecule has 6 nitrogen and oxygen atoms in total. The normalized spacial score (nSPS) is 10.7. The van der Waals surface area contributed by atoms with Gasteiger partial charge in [0.2, 0.25) is 5.91 Å². The maximum Gasteiger partial charge on any atom is 0.226 e. The van der Waals surface area contributed by atoms with Crippen LogP contribution in [0.25, 0.3) is 10.9 Å². The van der Waals surface area contributed by atoms with Gasteiger partial charge in [0.05, 0.1) is 32.5 Å². The lowest BCUT2D eigenvalue weighted by Crippen LogP contribution is -2.15. The molecule has 1 heterocycles. The molecule has 3 rings (SSSR count). The van der Waals surface area contributed by atoms with E-state index in [1.807, 2.05) is 29.9 Å². The Bertz CT molecular complexity index is 902. The lowest BCUT2D eigenvalue weighted by molar-refractivity contribution is -0.116. The lowest BCUT2D eigenvalue weighted by atomic mass is 10.2. The predicted molar refractivity (Wildman–Crippen MR) is 97.3 cm³/mol. The van der Waals surface area contributed by atoms with E-state index in [0.29, 0.717) is 30.2 Å². The molecule has 0 spiro atoms. The van der Waals surface area contributed by atoms with Crippen LogP contribution in [0.2, 0.25) is 0 Å². The Morgan fingerprint density at radius 3 is 2.68 bits per heavy atom. The molecule has 2 aromatic carbocycles. The summed E-state index contributed by atoms with van der Waals surface area (Å²) in [5.74, 6) is 1.12. The highest BCUT2D eigenvalue weighted by atomic mass is 16.5. The van der Waals surface area contributed by atoms with Crippen molar-refractivity contribution in [3.05, 3.63) is 48.2 Å². The standard InChI is InChI=1S/C19H21N3O3/c1-13-4-6-16-14(10-13)12-20-22(16)9-8-19(23)21-15-5-7-17(24-2)18(11-15)25-3/h4-7,10-12H,8-9H2,1-3H3,(H,21,23). The molecule has 0 atom stereocenters. The van der Waals surface area contributed by atoms with Crippen molar-refractivity contribution >= 4 is 22.5 Å². The van der Waals surface area contributed by atoms with Gasteiger partial charge in [-0.1, -0.05) is 11.6 Å². The van der Waals surface area contributed by atoms with E-state index in [9.17, 15) is 4.79 Å². The zero-order valence-electron chi connectivity index (χ0n) is 14.6. The third-order valence-corrected chi connectivity index (χ3v) is 4.02. The average Bonchev–Trinajstić information content (AvgIpc) is 3.01. The highest BCUT2D eigenvalue weighted by Crippen LogP contribution is 2.29. The molecule has 130 valence electrons. The molecular weight excluding hydrogens is 318 g/mol. The molecule has 0 aliphatic carbocycles. The van der Waals surface area contributed by atoms with E-state index < -0.39 is 0 Å². The Hall–Kier alpha value is -3.02. The van der Waals surface area contributed by atoms with E-state index in [1.54, 1.807) is 32.4 Å². The smallest absolute Gasteiger partial charge is 0.226 e. The summed E-state index contributed by atoms with van der Waals surface area (Å²) in [5.41, 5.74) is 2.89. The van der Waals surface area contributed by atoms with Crippen LogP contribution in [-0.4, -0.2) is 29.9 Å². The molecule has 0 fully saturated rings. The SMILES string of the molecule is COc1ccc(NC(=O)CCn2ncc3cc(C)ccc32)cc1OC. The third kappa shape index (κ3) is 3.74. The van der Waals surface area contributed by atoms with Crippen molar-refractivity contribution < 1.29 is 14.3 Å². The van der Waals surface area contributed by atoms with Crippen molar-refractivity contribution in [1.29, 1.82) is 0 Å². The third-order valence-electron chi connectivity index (χ3n) is 4.02. The van der Waals surface area contributed by atoms with Crippen molar-refractivity contribution in [3.63, 3.8) is 0 Å². The first kappa shape index (κ1) is 16.8. The number of hydrogen-bond acceptors (Lipinski definition) is 4. The second-order valence-corrected chi connectivity index (χ2v) is 5.80. The fourth-order valence-corrected chi connectivity index (χ4v) is 2.73. The highest BCUT2D eigenvalue weighted by Gasteiger charge is 2.09. The minimum atomic E-state index is -0.0806. The number of amides is 1. The fraction of sp³-hybridized carbons (Fsp3) is 0.263. The minimum absolute atomic E-state index is 0.0806. The van der Waals surface area contributed by atoms with Gasteiger partial charge < -0.3 is 14.8 Å². The molecule has 25 heavy (non-hydrogen) atoms. The summed E-state index contributed by atoms with van der Waals surface area (Å²) in [6.45, 7) is 2.57. The number of benzene rings is 2. The molecule has 0 radical (unpaired) electrons. The average molecular weight is 339 g/mol. The van der Waals surface area contributed by atoms with E-state index in [4.69, 9.17) is 9.47 Å². The molecule has 0 aliphatic rings. The van der Waals surface area contributed by atoms with Gasteiger partial charge in [-0.3, -0.25) is 9.48 Å². The zero-order chi connectivity index (χ0) is 17.8. The Morgan fingerprint density at radius 1 is 1.12 bits per heavy atom. The van der Waals surface area contributed by atoms with Gasteiger partial charge >= 0.3 is 0 Å². The van der Waals surface area contributed by atoms with Crippen LogP contribution in [0.15, 0.2) is 42.6 Å². The van der Waals surface area contributed by atoms with Crippen LogP contribution in [0.1, 0.15) is 12.0 Å². The molecule has 1 N–H and O–H groups in total. The molecule has 6 heteroatoms. The van der Waals surface area contributed by atoms with Gasteiger partial charge in [-0.2, -0.15) is 5.10 Å². The number of ether oxygens (including phenoxy) is 2. The number of nitrogens with one attached hydrogen (secondary N) is 1. The summed E-state index contributed by atoms with van der Waals surface area (Å²) in [5, 5.41) is 8.32. The van der Waals surface area contributed by atoms with Crippen LogP contribution < -0.4 is 14.8 Å². The molecule has 1 aromatic heterocycles. The van der Waals surface area contributed by atoms with Gasteiger partial charge in [-0.05, 0) is 31.2 Å². The van der Waals surface area contributed by atoms with Crippen molar-refractivity contribution in [1.82, 2.24) is 9.78 Å². The molecule has 0 saturated carbocycles. The van der Waals surface area contributed by atoms with Crippen molar-refractivity contribution in [2.24, 2.45) is 0 Å². The van der Waals surface area contributed by atoms with Gasteiger partial charge in [-0.15, -0.1) is 0 Å². The summed E-state index contributed by atoms with van der Waals surface area (Å²) in [7, 11) is 3.14. The number of aromatic nitrogens is 2. The topological polar surface area (TPSA) is 65.4 Å². The predicted octanol–water partition coefficient (Wildman–Crippen LogP) is 3.39. The molecular formula is C19H21N3O3. The summed E-state index contributed by atoms with van der Waals surface area (Å²) in [6, 6.07) is 11.4. The number of nitrogens with zero attached hydrogens (tertiary/aromatic N) is 2. The van der Waals surface area contributed by atoms with Crippen LogP contribution in [-0.2, 0) is 11.3 Å². The first-order chi connectivity index (χ1) is 12.1. The summed E-state index contributed by atoms with van der Waals surface area (Å²) >= 11 is 0. The van der Waals surface area contributed by atoms with E-state index >= 15 is 0 Å². The first-order valence-electron chi connectivity index (χ1n) is 8.05. The quantitative estimate of drug-likeness (QED) is 0.747. The molecule has 0 unspecified atom stereocenters. The van der Waals surface area contributed by atoms with Gasteiger partial charge in [0.25, 0.3) is 0 Å². The molecule has 3 aromatic rings. The largest absolute Gasteiger partial charge is 0.493 e. The Morgan fingerprint density at radius 2 is 1.92 bits per heavy atom. The lowest BCUT2D eigenvalue weighted by Gasteiger charge is -2.11. The summed E-state index contributed by atoms with van der Waals surface area (Å²) in [4.78, 5) is 12.2. The maximum atomic E-state index is 12.2. The number of fused-ring (bicyclic) bond motifs is 1. The Balaban J connectivity index is 1.64. The Kier molecular flexibility index (Phi) is 4.88. The molecule has 0 aliphatic heterocycles. The summed E-state index contributed by atoms with van der Waals surface area (Å²) in [6.07, 6.45) is 2.16. The second kappa shape index (κ2) is 7.25. The number of hydrogen-bond donors (Lipinski definition) is 1. The van der Waals surface area contributed by atoms with Gasteiger partial charge in [0, 0.05) is 23.6 Å². The van der Waals surface area contributed by atoms with Crippen LogP contribution in [0.4, 0.5) is 5.69 Å². The summed E-state index contributed by atoms with van der Waals surface area (Å²) < 4.78 is 12.3. The van der Waals surface area contributed by atoms with Crippen molar-refractivity contribution in [2.75, 3.05) is 19.5 Å². The van der Waals surface area contributed by atoms with Gasteiger partial charge in [0.1, 0.15) is 0 Å². The number of carbonyl (C=O) groups is 1. The first-order valence-corrected chi connectivity index (χ1v) is 8.05. The van der Waals surface area contributed by atoms with Gasteiger partial charge in [0.15, 0.2) is 11.5 Å². The minimum Gasteiger partial charge on any atom is -0.493 e. The fourth-order valence-electron chi connectivity index (χ4n) is 2.73. The van der Waals surface area contributed by atoms with Gasteiger partial charge in [-0.25, -0.2) is 0 Å². The van der Waals surface area contributed by atoms with Crippen LogP contribution in [0.3, 0.4) is 0 Å². The number of methoxy groups -OCH3 is 2. The Labute approximate surface area is 146 Å². The zero-order valence-corrected chi connectivity index (χ0v) is 14.6. The monoisotopic (exact) mass is 339 g/mol. The van der Waals surface area contributed by atoms with E-state index in [-0.39, 0.29) is 5.91 Å². The maximum absolute atomic E-state index is 12.2.